The standard InChI is InChI=1S/C26H20N2O4/c1-17-5-4-8-21(13-17)26(31)32-22-11-9-18(10-12-22)16-27-28-25(30)23-14-19-6-2-3-7-20(19)15-24(23)29/h2-16,29H,1H3,(H,28,30)/b27-16-. The number of esters is 1. The zero-order valence-electron chi connectivity index (χ0n) is 17.3. The molecule has 158 valence electrons. The van der Waals surface area contributed by atoms with Crippen LogP contribution in [-0.2, 0) is 0 Å². The summed E-state index contributed by atoms with van der Waals surface area (Å²) in [5.74, 6) is -0.666. The number of hydrogen-bond acceptors (Lipinski definition) is 5. The SMILES string of the molecule is Cc1cccc(C(=O)Oc2ccc(/C=N\NC(=O)c3cc4ccccc4cc3O)cc2)c1. The summed E-state index contributed by atoms with van der Waals surface area (Å²) >= 11 is 0. The number of aromatic hydroxyl groups is 1. The molecular weight excluding hydrogens is 404 g/mol. The monoisotopic (exact) mass is 424 g/mol. The molecule has 4 aromatic rings. The molecule has 6 heteroatoms. The minimum atomic E-state index is -0.520. The van der Waals surface area contributed by atoms with Crippen molar-refractivity contribution in [2.45, 2.75) is 6.92 Å². The summed E-state index contributed by atoms with van der Waals surface area (Å²) in [5.41, 5.74) is 4.71. The Morgan fingerprint density at radius 1 is 0.906 bits per heavy atom. The van der Waals surface area contributed by atoms with Gasteiger partial charge < -0.3 is 9.84 Å². The van der Waals surface area contributed by atoms with Gasteiger partial charge in [0.2, 0.25) is 0 Å². The summed E-state index contributed by atoms with van der Waals surface area (Å²) in [6.07, 6.45) is 1.46. The van der Waals surface area contributed by atoms with Crippen molar-refractivity contribution in [3.63, 3.8) is 0 Å². The molecule has 6 nitrogen and oxygen atoms in total. The average Bonchev–Trinajstić information content (AvgIpc) is 2.79. The van der Waals surface area contributed by atoms with E-state index in [0.29, 0.717) is 16.9 Å². The number of aryl methyl sites for hydroxylation is 1. The van der Waals surface area contributed by atoms with Crippen LogP contribution in [0.5, 0.6) is 11.5 Å². The minimum absolute atomic E-state index is 0.115. The lowest BCUT2D eigenvalue weighted by atomic mass is 10.1. The number of carbonyl (C=O) groups is 2. The first-order valence-corrected chi connectivity index (χ1v) is 9.94. The lowest BCUT2D eigenvalue weighted by molar-refractivity contribution is 0.0734. The number of hydrogen-bond donors (Lipinski definition) is 2. The van der Waals surface area contributed by atoms with E-state index in [0.717, 1.165) is 16.3 Å². The summed E-state index contributed by atoms with van der Waals surface area (Å²) in [7, 11) is 0. The van der Waals surface area contributed by atoms with Gasteiger partial charge in [-0.15, -0.1) is 0 Å². The van der Waals surface area contributed by atoms with Gasteiger partial charge in [-0.2, -0.15) is 5.10 Å². The maximum Gasteiger partial charge on any atom is 0.343 e. The van der Waals surface area contributed by atoms with Gasteiger partial charge in [-0.1, -0.05) is 42.0 Å². The van der Waals surface area contributed by atoms with Crippen molar-refractivity contribution >= 4 is 28.9 Å². The molecule has 0 saturated carbocycles. The van der Waals surface area contributed by atoms with E-state index >= 15 is 0 Å². The number of benzene rings is 4. The van der Waals surface area contributed by atoms with Gasteiger partial charge in [0.15, 0.2) is 0 Å². The van der Waals surface area contributed by atoms with Crippen LogP contribution in [0.2, 0.25) is 0 Å². The molecule has 2 N–H and O–H groups in total. The van der Waals surface area contributed by atoms with E-state index in [1.165, 1.54) is 6.21 Å². The summed E-state index contributed by atoms with van der Waals surface area (Å²) < 4.78 is 5.38. The Kier molecular flexibility index (Phi) is 5.94. The van der Waals surface area contributed by atoms with E-state index in [2.05, 4.69) is 10.5 Å². The third-order valence-electron chi connectivity index (χ3n) is 4.83. The molecule has 1 amide bonds. The van der Waals surface area contributed by atoms with Crippen LogP contribution >= 0.6 is 0 Å². The van der Waals surface area contributed by atoms with Gasteiger partial charge in [0.1, 0.15) is 11.5 Å². The number of amides is 1. The maximum absolute atomic E-state index is 12.4. The number of fused-ring (bicyclic) bond motifs is 1. The number of hydrazone groups is 1. The lowest BCUT2D eigenvalue weighted by Gasteiger charge is -2.06. The third kappa shape index (κ3) is 4.82. The second-order valence-corrected chi connectivity index (χ2v) is 7.24. The summed E-state index contributed by atoms with van der Waals surface area (Å²) in [5, 5.41) is 15.8. The van der Waals surface area contributed by atoms with Gasteiger partial charge in [-0.05, 0) is 71.8 Å². The van der Waals surface area contributed by atoms with E-state index < -0.39 is 11.9 Å². The predicted molar refractivity (Wildman–Crippen MR) is 123 cm³/mol. The van der Waals surface area contributed by atoms with Crippen molar-refractivity contribution in [3.8, 4) is 11.5 Å². The fourth-order valence-corrected chi connectivity index (χ4v) is 3.20. The second-order valence-electron chi connectivity index (χ2n) is 7.24. The zero-order valence-corrected chi connectivity index (χ0v) is 17.3. The molecule has 0 aromatic heterocycles. The molecular formula is C26H20N2O4. The first-order valence-electron chi connectivity index (χ1n) is 9.94. The van der Waals surface area contributed by atoms with Gasteiger partial charge in [-0.25, -0.2) is 10.2 Å². The second kappa shape index (κ2) is 9.14. The average molecular weight is 424 g/mol. The Bertz CT molecular complexity index is 1330. The van der Waals surface area contributed by atoms with Crippen molar-refractivity contribution in [3.05, 3.63) is 107 Å². The highest BCUT2D eigenvalue weighted by Gasteiger charge is 2.12. The summed E-state index contributed by atoms with van der Waals surface area (Å²) in [6.45, 7) is 1.91. The van der Waals surface area contributed by atoms with E-state index in [-0.39, 0.29) is 11.3 Å². The van der Waals surface area contributed by atoms with Crippen LogP contribution in [0, 0.1) is 6.92 Å². The Labute approximate surface area is 184 Å². The van der Waals surface area contributed by atoms with Crippen molar-refractivity contribution in [1.82, 2.24) is 5.43 Å². The van der Waals surface area contributed by atoms with Crippen LogP contribution in [0.15, 0.2) is 90.0 Å². The molecule has 0 fully saturated rings. The number of phenols is 1. The molecule has 32 heavy (non-hydrogen) atoms. The highest BCUT2D eigenvalue weighted by atomic mass is 16.5. The molecule has 0 aliphatic carbocycles. The molecule has 0 atom stereocenters. The van der Waals surface area contributed by atoms with E-state index in [1.807, 2.05) is 37.3 Å². The normalized spacial score (nSPS) is 10.9. The minimum Gasteiger partial charge on any atom is -0.507 e. The topological polar surface area (TPSA) is 88.0 Å². The van der Waals surface area contributed by atoms with Crippen LogP contribution in [0.3, 0.4) is 0 Å². The summed E-state index contributed by atoms with van der Waals surface area (Å²) in [6, 6.07) is 24.5. The fraction of sp³-hybridized carbons (Fsp3) is 0.0385. The number of ether oxygens (including phenoxy) is 1. The highest BCUT2D eigenvalue weighted by molar-refractivity contribution is 6.01. The van der Waals surface area contributed by atoms with E-state index in [4.69, 9.17) is 4.74 Å². The molecule has 0 saturated heterocycles. The number of nitrogens with zero attached hydrogens (tertiary/aromatic N) is 1. The smallest absolute Gasteiger partial charge is 0.343 e. The van der Waals surface area contributed by atoms with Gasteiger partial charge in [-0.3, -0.25) is 4.79 Å². The van der Waals surface area contributed by atoms with Gasteiger partial charge >= 0.3 is 5.97 Å². The van der Waals surface area contributed by atoms with Crippen LogP contribution in [0.4, 0.5) is 0 Å². The number of nitrogens with one attached hydrogen (secondary N) is 1. The molecule has 0 heterocycles. The molecule has 4 aromatic carbocycles. The van der Waals surface area contributed by atoms with Crippen LogP contribution in [0.1, 0.15) is 31.8 Å². The zero-order chi connectivity index (χ0) is 22.5. The third-order valence-corrected chi connectivity index (χ3v) is 4.83. The molecule has 0 bridgehead atoms. The number of phenolic OH excluding ortho intramolecular Hbond substituents is 1. The first-order chi connectivity index (χ1) is 15.5. The van der Waals surface area contributed by atoms with Crippen molar-refractivity contribution in [2.75, 3.05) is 0 Å². The first kappa shape index (κ1) is 20.8. The Balaban J connectivity index is 1.38. The van der Waals surface area contributed by atoms with Crippen LogP contribution < -0.4 is 10.2 Å². The molecule has 0 spiro atoms. The van der Waals surface area contributed by atoms with E-state index in [9.17, 15) is 14.7 Å². The van der Waals surface area contributed by atoms with Gasteiger partial charge in [0, 0.05) is 0 Å². The number of rotatable bonds is 5. The van der Waals surface area contributed by atoms with Gasteiger partial charge in [0.05, 0.1) is 17.3 Å². The van der Waals surface area contributed by atoms with Crippen molar-refractivity contribution in [2.24, 2.45) is 5.10 Å². The molecule has 0 radical (unpaired) electrons. The molecule has 0 unspecified atom stereocenters. The predicted octanol–water partition coefficient (Wildman–Crippen LogP) is 4.84. The van der Waals surface area contributed by atoms with Crippen LogP contribution in [-0.4, -0.2) is 23.2 Å². The Hall–Kier alpha value is -4.45. The highest BCUT2D eigenvalue weighted by Crippen LogP contribution is 2.24. The van der Waals surface area contributed by atoms with Crippen LogP contribution in [0.25, 0.3) is 10.8 Å². The van der Waals surface area contributed by atoms with Crippen molar-refractivity contribution in [1.29, 1.82) is 0 Å². The van der Waals surface area contributed by atoms with Gasteiger partial charge in [0.25, 0.3) is 5.91 Å². The lowest BCUT2D eigenvalue weighted by Crippen LogP contribution is -2.17. The Morgan fingerprint density at radius 3 is 2.34 bits per heavy atom. The van der Waals surface area contributed by atoms with E-state index in [1.54, 1.807) is 54.6 Å². The van der Waals surface area contributed by atoms with Crippen molar-refractivity contribution < 1.29 is 19.4 Å². The quantitative estimate of drug-likeness (QED) is 0.208. The molecule has 0 aliphatic rings. The molecule has 0 aliphatic heterocycles. The maximum atomic E-state index is 12.4. The fourth-order valence-electron chi connectivity index (χ4n) is 3.20. The molecule has 4 rings (SSSR count). The largest absolute Gasteiger partial charge is 0.507 e. The Morgan fingerprint density at radius 2 is 1.62 bits per heavy atom. The number of carbonyl (C=O) groups excluding carboxylic acids is 2. The summed E-state index contributed by atoms with van der Waals surface area (Å²) in [4.78, 5) is 24.6.